The van der Waals surface area contributed by atoms with Gasteiger partial charge in [0, 0.05) is 12.1 Å². The zero-order valence-corrected chi connectivity index (χ0v) is 16.2. The lowest BCUT2D eigenvalue weighted by atomic mass is 9.69. The second-order valence-corrected chi connectivity index (χ2v) is 8.23. The molecule has 0 spiro atoms. The fourth-order valence-corrected chi connectivity index (χ4v) is 5.04. The number of carbonyl (C=O) groups excluding carboxylic acids is 1. The van der Waals surface area contributed by atoms with Crippen LogP contribution in [0.15, 0.2) is 59.4 Å². The lowest BCUT2D eigenvalue weighted by Crippen LogP contribution is -2.50. The molecule has 6 nitrogen and oxygen atoms in total. The fraction of sp³-hybridized carbons (Fsp3) is 0.348. The van der Waals surface area contributed by atoms with Crippen LogP contribution in [0.3, 0.4) is 0 Å². The number of amides is 1. The number of aromatic nitrogens is 2. The topological polar surface area (TPSA) is 86.9 Å². The van der Waals surface area contributed by atoms with Crippen molar-refractivity contribution in [3.63, 3.8) is 0 Å². The highest BCUT2D eigenvalue weighted by Gasteiger charge is 2.55. The third-order valence-corrected chi connectivity index (χ3v) is 6.41. The first-order chi connectivity index (χ1) is 14.1. The second-order valence-electron chi connectivity index (χ2n) is 8.23. The highest BCUT2D eigenvalue weighted by atomic mass is 16.2. The van der Waals surface area contributed by atoms with Crippen LogP contribution in [0.1, 0.15) is 30.7 Å². The van der Waals surface area contributed by atoms with Gasteiger partial charge in [-0.25, -0.2) is 4.98 Å². The van der Waals surface area contributed by atoms with Crippen molar-refractivity contribution in [2.24, 2.45) is 5.41 Å². The van der Waals surface area contributed by atoms with Gasteiger partial charge in [-0.1, -0.05) is 42.5 Å². The van der Waals surface area contributed by atoms with Crippen molar-refractivity contribution < 1.29 is 4.79 Å². The molecule has 2 aromatic carbocycles. The molecular formula is C23H24N4O2. The minimum atomic E-state index is -0.457. The van der Waals surface area contributed by atoms with Crippen LogP contribution in [0.2, 0.25) is 0 Å². The summed E-state index contributed by atoms with van der Waals surface area (Å²) in [5.74, 6) is 0.518. The summed E-state index contributed by atoms with van der Waals surface area (Å²) in [6.45, 7) is 0.215. The van der Waals surface area contributed by atoms with Gasteiger partial charge in [-0.15, -0.1) is 0 Å². The maximum atomic E-state index is 13.4. The maximum absolute atomic E-state index is 13.4. The molecule has 29 heavy (non-hydrogen) atoms. The molecule has 2 bridgehead atoms. The third kappa shape index (κ3) is 3.23. The number of nitrogens with one attached hydrogen (secondary N) is 3. The van der Waals surface area contributed by atoms with Crippen molar-refractivity contribution in [3.05, 3.63) is 76.3 Å². The van der Waals surface area contributed by atoms with Gasteiger partial charge >= 0.3 is 0 Å². The van der Waals surface area contributed by atoms with Crippen molar-refractivity contribution >= 4 is 16.8 Å². The van der Waals surface area contributed by atoms with E-state index in [1.54, 1.807) is 6.07 Å². The average Bonchev–Trinajstić information content (AvgIpc) is 3.35. The van der Waals surface area contributed by atoms with Crippen molar-refractivity contribution in [2.45, 2.75) is 44.3 Å². The summed E-state index contributed by atoms with van der Waals surface area (Å²) in [6, 6.07) is 18.0. The number of H-pyrrole nitrogens is 1. The molecular weight excluding hydrogens is 364 g/mol. The number of aromatic amines is 1. The molecule has 3 atom stereocenters. The van der Waals surface area contributed by atoms with Gasteiger partial charge < -0.3 is 15.6 Å². The Balaban J connectivity index is 1.38. The summed E-state index contributed by atoms with van der Waals surface area (Å²) in [5, 5.41) is 7.24. The first kappa shape index (κ1) is 18.1. The van der Waals surface area contributed by atoms with Crippen molar-refractivity contribution in [1.29, 1.82) is 0 Å². The molecule has 0 aliphatic carbocycles. The third-order valence-electron chi connectivity index (χ3n) is 6.41. The predicted octanol–water partition coefficient (Wildman–Crippen LogP) is 2.29. The highest BCUT2D eigenvalue weighted by Crippen LogP contribution is 2.45. The summed E-state index contributed by atoms with van der Waals surface area (Å²) in [5.41, 5.74) is 1.18. The van der Waals surface area contributed by atoms with Crippen LogP contribution in [0.4, 0.5) is 0 Å². The van der Waals surface area contributed by atoms with Crippen LogP contribution >= 0.6 is 0 Å². The van der Waals surface area contributed by atoms with Crippen molar-refractivity contribution in [1.82, 2.24) is 20.6 Å². The van der Waals surface area contributed by atoms with Crippen LogP contribution in [0.5, 0.6) is 0 Å². The molecule has 1 aromatic heterocycles. The van der Waals surface area contributed by atoms with Crippen LogP contribution in [0, 0.1) is 5.41 Å². The van der Waals surface area contributed by atoms with E-state index in [4.69, 9.17) is 0 Å². The van der Waals surface area contributed by atoms with Gasteiger partial charge in [-0.05, 0) is 43.4 Å². The van der Waals surface area contributed by atoms with Gasteiger partial charge in [0.1, 0.15) is 5.82 Å². The van der Waals surface area contributed by atoms with Gasteiger partial charge in [0.15, 0.2) is 0 Å². The number of benzene rings is 2. The monoisotopic (exact) mass is 388 g/mol. The van der Waals surface area contributed by atoms with Crippen molar-refractivity contribution in [3.8, 4) is 0 Å². The standard InChI is InChI=1S/C23H24N4O2/c28-21-17-8-4-5-9-18(17)26-20(27-21)14-24-22(29)23(12-15-6-2-1-3-7-15)13-16-10-11-19(23)25-16/h1-9,16,19,25H,10-14H2,(H,24,29)(H,26,27,28)/t16-,19+,23+/m1/s1. The molecule has 2 saturated heterocycles. The van der Waals surface area contributed by atoms with Crippen LogP contribution < -0.4 is 16.2 Å². The minimum Gasteiger partial charge on any atom is -0.348 e. The zero-order chi connectivity index (χ0) is 19.8. The van der Waals surface area contributed by atoms with E-state index in [2.05, 4.69) is 32.7 Å². The second kappa shape index (κ2) is 7.12. The minimum absolute atomic E-state index is 0.0388. The molecule has 3 aromatic rings. The SMILES string of the molecule is O=C(NCc1nc2ccccc2c(=O)[nH]1)[C@@]1(Cc2ccccc2)C[C@H]2CC[C@@H]1N2. The first-order valence-corrected chi connectivity index (χ1v) is 10.2. The van der Waals surface area contributed by atoms with E-state index in [1.807, 2.05) is 36.4 Å². The zero-order valence-electron chi connectivity index (χ0n) is 16.2. The number of para-hydroxylation sites is 1. The molecule has 0 radical (unpaired) electrons. The lowest BCUT2D eigenvalue weighted by molar-refractivity contribution is -0.132. The molecule has 0 unspecified atom stereocenters. The van der Waals surface area contributed by atoms with Gasteiger partial charge in [0.05, 0.1) is 22.9 Å². The summed E-state index contributed by atoms with van der Waals surface area (Å²) < 4.78 is 0. The first-order valence-electron chi connectivity index (χ1n) is 10.2. The van der Waals surface area contributed by atoms with Gasteiger partial charge in [0.2, 0.25) is 5.91 Å². The Morgan fingerprint density at radius 3 is 2.66 bits per heavy atom. The average molecular weight is 388 g/mol. The van der Waals surface area contributed by atoms with Gasteiger partial charge in [-0.2, -0.15) is 0 Å². The predicted molar refractivity (Wildman–Crippen MR) is 111 cm³/mol. The van der Waals surface area contributed by atoms with E-state index in [0.29, 0.717) is 22.8 Å². The van der Waals surface area contributed by atoms with E-state index in [0.717, 1.165) is 25.7 Å². The van der Waals surface area contributed by atoms with Crippen molar-refractivity contribution in [2.75, 3.05) is 0 Å². The number of nitrogens with zero attached hydrogens (tertiary/aromatic N) is 1. The molecule has 2 aliphatic rings. The molecule has 0 saturated carbocycles. The van der Waals surface area contributed by atoms with Crippen LogP contribution in [-0.4, -0.2) is 28.0 Å². The Labute approximate surface area is 168 Å². The number of hydrogen-bond donors (Lipinski definition) is 3. The Kier molecular flexibility index (Phi) is 4.43. The Morgan fingerprint density at radius 1 is 1.10 bits per heavy atom. The number of carbonyl (C=O) groups is 1. The quantitative estimate of drug-likeness (QED) is 0.626. The molecule has 2 aliphatic heterocycles. The largest absolute Gasteiger partial charge is 0.348 e. The normalized spacial score (nSPS) is 25.4. The maximum Gasteiger partial charge on any atom is 0.258 e. The van der Waals surface area contributed by atoms with E-state index >= 15 is 0 Å². The number of fused-ring (bicyclic) bond motifs is 3. The van der Waals surface area contributed by atoms with E-state index in [9.17, 15) is 9.59 Å². The number of rotatable bonds is 5. The van der Waals surface area contributed by atoms with Gasteiger partial charge in [0.25, 0.3) is 5.56 Å². The smallest absolute Gasteiger partial charge is 0.258 e. The number of hydrogen-bond acceptors (Lipinski definition) is 4. The molecule has 5 rings (SSSR count). The molecule has 3 heterocycles. The van der Waals surface area contributed by atoms with E-state index in [1.165, 1.54) is 5.56 Å². The fourth-order valence-electron chi connectivity index (χ4n) is 5.04. The van der Waals surface area contributed by atoms with Gasteiger partial charge in [-0.3, -0.25) is 9.59 Å². The summed E-state index contributed by atoms with van der Waals surface area (Å²) in [7, 11) is 0. The Morgan fingerprint density at radius 2 is 1.90 bits per heavy atom. The lowest BCUT2D eigenvalue weighted by Gasteiger charge is -2.35. The molecule has 3 N–H and O–H groups in total. The molecule has 148 valence electrons. The van der Waals surface area contributed by atoms with Crippen LogP contribution in [0.25, 0.3) is 10.9 Å². The summed E-state index contributed by atoms with van der Waals surface area (Å²) in [6.07, 6.45) is 3.72. The Bertz CT molecular complexity index is 1110. The summed E-state index contributed by atoms with van der Waals surface area (Å²) >= 11 is 0. The van der Waals surface area contributed by atoms with E-state index in [-0.39, 0.29) is 24.1 Å². The molecule has 1 amide bonds. The molecule has 2 fully saturated rings. The summed E-state index contributed by atoms with van der Waals surface area (Å²) in [4.78, 5) is 33.0. The van der Waals surface area contributed by atoms with E-state index < -0.39 is 5.41 Å². The highest BCUT2D eigenvalue weighted by molar-refractivity contribution is 5.84. The molecule has 6 heteroatoms. The van der Waals surface area contributed by atoms with Crippen LogP contribution in [-0.2, 0) is 17.8 Å². The Hall–Kier alpha value is -2.99.